The van der Waals surface area contributed by atoms with Gasteiger partial charge in [0.2, 0.25) is 0 Å². The van der Waals surface area contributed by atoms with Gasteiger partial charge in [-0.1, -0.05) is 38.2 Å². The van der Waals surface area contributed by atoms with Crippen LogP contribution in [-0.4, -0.2) is 13.7 Å². The fraction of sp³-hybridized carbons (Fsp3) is 0.261. The maximum Gasteiger partial charge on any atom is 0.263 e. The number of ether oxygens (including phenoxy) is 2. The molecule has 3 aliphatic carbocycles. The van der Waals surface area contributed by atoms with Crippen molar-refractivity contribution in [3.8, 4) is 5.75 Å². The van der Waals surface area contributed by atoms with Gasteiger partial charge in [-0.2, -0.15) is 0 Å². The van der Waals surface area contributed by atoms with Crippen molar-refractivity contribution < 1.29 is 13.9 Å². The van der Waals surface area contributed by atoms with E-state index in [0.29, 0.717) is 23.2 Å². The van der Waals surface area contributed by atoms with E-state index in [9.17, 15) is 4.79 Å². The molecule has 27 heavy (non-hydrogen) atoms. The summed E-state index contributed by atoms with van der Waals surface area (Å²) in [6.45, 7) is 4.84. The van der Waals surface area contributed by atoms with Gasteiger partial charge in [-0.25, -0.2) is 0 Å². The minimum Gasteiger partial charge on any atom is -0.492 e. The Bertz CT molecular complexity index is 1320. The molecule has 5 aliphatic rings. The quantitative estimate of drug-likeness (QED) is 0.784. The summed E-state index contributed by atoms with van der Waals surface area (Å²) in [5, 5.41) is 1.83. The predicted octanol–water partition coefficient (Wildman–Crippen LogP) is 2.38. The summed E-state index contributed by atoms with van der Waals surface area (Å²) in [6, 6.07) is 2.09. The fourth-order valence-electron chi connectivity index (χ4n) is 4.01. The molecule has 0 amide bonds. The highest BCUT2D eigenvalue weighted by Gasteiger charge is 2.22. The van der Waals surface area contributed by atoms with Crippen molar-refractivity contribution in [2.75, 3.05) is 13.7 Å². The minimum atomic E-state index is -0.218. The average molecular weight is 360 g/mol. The number of allylic oxidation sites excluding steroid dienone is 4. The Morgan fingerprint density at radius 3 is 2.89 bits per heavy atom. The minimum absolute atomic E-state index is 0.104. The van der Waals surface area contributed by atoms with Crippen molar-refractivity contribution in [2.45, 2.75) is 20.3 Å². The SMILES string of the molecule is COc1c2c(c3cc4c(oc=3c1=O)=CC1=C(C=CCO1)C4)=CC(C)(C)C=C2. The van der Waals surface area contributed by atoms with E-state index in [1.54, 1.807) is 0 Å². The molecular formula is C23H20O4. The zero-order valence-corrected chi connectivity index (χ0v) is 15.6. The highest BCUT2D eigenvalue weighted by atomic mass is 16.5. The molecule has 0 aromatic carbocycles. The summed E-state index contributed by atoms with van der Waals surface area (Å²) in [5.74, 6) is 1.15. The molecule has 0 fully saturated rings. The second-order valence-corrected chi connectivity index (χ2v) is 7.79. The van der Waals surface area contributed by atoms with E-state index in [1.165, 1.54) is 7.11 Å². The number of hydrogen-bond donors (Lipinski definition) is 0. The van der Waals surface area contributed by atoms with Gasteiger partial charge in [-0.05, 0) is 22.9 Å². The number of hydrogen-bond acceptors (Lipinski definition) is 4. The molecule has 0 saturated carbocycles. The molecule has 5 rings (SSSR count). The second-order valence-electron chi connectivity index (χ2n) is 7.79. The van der Waals surface area contributed by atoms with E-state index >= 15 is 0 Å². The lowest BCUT2D eigenvalue weighted by atomic mass is 9.85. The van der Waals surface area contributed by atoms with Gasteiger partial charge in [0.15, 0.2) is 11.2 Å². The molecule has 0 saturated heterocycles. The van der Waals surface area contributed by atoms with E-state index in [1.807, 2.05) is 18.2 Å². The Kier molecular flexibility index (Phi) is 3.29. The Morgan fingerprint density at radius 1 is 1.22 bits per heavy atom. The van der Waals surface area contributed by atoms with Crippen molar-refractivity contribution in [1.82, 2.24) is 0 Å². The molecule has 0 aromatic rings. The van der Waals surface area contributed by atoms with Crippen molar-refractivity contribution in [2.24, 2.45) is 5.41 Å². The Labute approximate surface area is 156 Å². The van der Waals surface area contributed by atoms with Gasteiger partial charge in [0.1, 0.15) is 17.8 Å². The molecule has 2 aliphatic heterocycles. The van der Waals surface area contributed by atoms with Crippen LogP contribution in [0.15, 0.2) is 44.8 Å². The fourth-order valence-corrected chi connectivity index (χ4v) is 4.01. The molecule has 2 heterocycles. The van der Waals surface area contributed by atoms with Gasteiger partial charge < -0.3 is 13.9 Å². The van der Waals surface area contributed by atoms with Gasteiger partial charge >= 0.3 is 0 Å². The van der Waals surface area contributed by atoms with Crippen LogP contribution < -0.4 is 20.8 Å². The van der Waals surface area contributed by atoms with Gasteiger partial charge in [-0.3, -0.25) is 4.79 Å². The highest BCUT2D eigenvalue weighted by molar-refractivity contribution is 5.66. The third-order valence-corrected chi connectivity index (χ3v) is 5.34. The van der Waals surface area contributed by atoms with Gasteiger partial charge in [0, 0.05) is 34.3 Å². The lowest BCUT2D eigenvalue weighted by molar-refractivity contribution is 0.257. The largest absolute Gasteiger partial charge is 0.492 e. The van der Waals surface area contributed by atoms with E-state index in [0.717, 1.165) is 39.3 Å². The average Bonchev–Trinajstić information content (AvgIpc) is 2.65. The maximum absolute atomic E-state index is 13.0. The first-order valence-corrected chi connectivity index (χ1v) is 9.10. The maximum atomic E-state index is 13.0. The van der Waals surface area contributed by atoms with Gasteiger partial charge in [0.25, 0.3) is 5.43 Å². The molecule has 0 N–H and O–H groups in total. The van der Waals surface area contributed by atoms with Crippen LogP contribution in [0, 0.1) is 16.0 Å². The number of rotatable bonds is 1. The first-order valence-electron chi connectivity index (χ1n) is 9.10. The van der Waals surface area contributed by atoms with Crippen LogP contribution in [0.2, 0.25) is 0 Å². The predicted molar refractivity (Wildman–Crippen MR) is 104 cm³/mol. The third kappa shape index (κ3) is 2.40. The lowest BCUT2D eigenvalue weighted by Gasteiger charge is -2.21. The first-order chi connectivity index (χ1) is 13.0. The van der Waals surface area contributed by atoms with Crippen LogP contribution in [0.25, 0.3) is 18.2 Å². The smallest absolute Gasteiger partial charge is 0.263 e. The van der Waals surface area contributed by atoms with Crippen LogP contribution in [0.3, 0.4) is 0 Å². The summed E-state index contributed by atoms with van der Waals surface area (Å²) in [7, 11) is 1.53. The molecule has 0 radical (unpaired) electrons. The molecular weight excluding hydrogens is 340 g/mol. The van der Waals surface area contributed by atoms with E-state index in [-0.39, 0.29) is 10.8 Å². The normalized spacial score (nSPS) is 18.8. The molecule has 0 atom stereocenters. The molecule has 0 aromatic heterocycles. The Hall–Kier alpha value is -3.01. The van der Waals surface area contributed by atoms with Crippen LogP contribution in [0.5, 0.6) is 5.75 Å². The van der Waals surface area contributed by atoms with E-state index < -0.39 is 0 Å². The van der Waals surface area contributed by atoms with Crippen molar-refractivity contribution >= 4 is 18.2 Å². The van der Waals surface area contributed by atoms with Crippen molar-refractivity contribution in [1.29, 1.82) is 0 Å². The summed E-state index contributed by atoms with van der Waals surface area (Å²) in [6.07, 6.45) is 13.0. The number of methoxy groups -OCH3 is 1. The number of fused-ring (bicyclic) bond motifs is 3. The summed E-state index contributed by atoms with van der Waals surface area (Å²) >= 11 is 0. The van der Waals surface area contributed by atoms with Crippen LogP contribution in [0.1, 0.15) is 25.0 Å². The van der Waals surface area contributed by atoms with Crippen molar-refractivity contribution in [3.05, 3.63) is 78.2 Å². The van der Waals surface area contributed by atoms with Crippen molar-refractivity contribution in [3.63, 3.8) is 0 Å². The van der Waals surface area contributed by atoms with Crippen LogP contribution >= 0.6 is 0 Å². The first kappa shape index (κ1) is 16.2. The lowest BCUT2D eigenvalue weighted by Crippen LogP contribution is -2.28. The summed E-state index contributed by atoms with van der Waals surface area (Å²) in [4.78, 5) is 13.0. The highest BCUT2D eigenvalue weighted by Crippen LogP contribution is 2.27. The zero-order valence-electron chi connectivity index (χ0n) is 15.6. The molecule has 136 valence electrons. The molecule has 4 heteroatoms. The Balaban J connectivity index is 1.93. The zero-order chi connectivity index (χ0) is 18.8. The topological polar surface area (TPSA) is 48.7 Å². The van der Waals surface area contributed by atoms with E-state index in [2.05, 4.69) is 38.1 Å². The standard InChI is InChI=1S/C23H20O4/c1-23(2)7-6-15-17(12-23)16-10-14-9-13-5-4-8-26-18(13)11-19(14)27-22(16)20(24)21(15)25-3/h4-7,10-12H,8-9H2,1-3H3. The molecule has 0 spiro atoms. The molecule has 0 unspecified atom stereocenters. The Morgan fingerprint density at radius 2 is 2.07 bits per heavy atom. The van der Waals surface area contributed by atoms with E-state index in [4.69, 9.17) is 13.9 Å². The summed E-state index contributed by atoms with van der Waals surface area (Å²) in [5.41, 5.74) is 3.71. The third-order valence-electron chi connectivity index (χ3n) is 5.34. The second kappa shape index (κ2) is 5.49. The van der Waals surface area contributed by atoms with Gasteiger partial charge in [-0.15, -0.1) is 0 Å². The van der Waals surface area contributed by atoms with Gasteiger partial charge in [0.05, 0.1) is 7.11 Å². The molecule has 0 bridgehead atoms. The monoisotopic (exact) mass is 360 g/mol. The van der Waals surface area contributed by atoms with Crippen LogP contribution in [-0.2, 0) is 11.2 Å². The summed E-state index contributed by atoms with van der Waals surface area (Å²) < 4.78 is 17.3. The molecule has 4 nitrogen and oxygen atoms in total. The van der Waals surface area contributed by atoms with Crippen LogP contribution in [0.4, 0.5) is 0 Å².